The molecule has 0 saturated heterocycles. The number of aliphatic hydroxyl groups is 1. The van der Waals surface area contributed by atoms with Gasteiger partial charge in [-0.3, -0.25) is 0 Å². The molecule has 88 valence electrons. The van der Waals surface area contributed by atoms with E-state index in [4.69, 9.17) is 5.73 Å². The van der Waals surface area contributed by atoms with E-state index in [0.717, 1.165) is 18.8 Å². The molecule has 0 aromatic heterocycles. The smallest absolute Gasteiger partial charge is 0.0871 e. The average Bonchev–Trinajstić information content (AvgIpc) is 2.27. The minimum Gasteiger partial charge on any atom is -0.387 e. The van der Waals surface area contributed by atoms with Crippen molar-refractivity contribution in [2.75, 3.05) is 0 Å². The highest BCUT2D eigenvalue weighted by atomic mass is 16.3. The summed E-state index contributed by atoms with van der Waals surface area (Å²) < 4.78 is 0. The van der Waals surface area contributed by atoms with Gasteiger partial charge in [0.05, 0.1) is 6.10 Å². The van der Waals surface area contributed by atoms with Crippen molar-refractivity contribution in [2.45, 2.75) is 64.0 Å². The van der Waals surface area contributed by atoms with Gasteiger partial charge in [-0.05, 0) is 18.8 Å². The fraction of sp³-hybridized carbons (Fsp3) is 0.846. The molecule has 3 N–H and O–H groups in total. The molecule has 0 heterocycles. The third-order valence-corrected chi connectivity index (χ3v) is 3.34. The number of hydrogen-bond acceptors (Lipinski definition) is 2. The molecule has 0 aromatic carbocycles. The first-order valence-electron chi connectivity index (χ1n) is 6.34. The first kappa shape index (κ1) is 12.7. The predicted octanol–water partition coefficient (Wildman–Crippen LogP) is 2.61. The van der Waals surface area contributed by atoms with Crippen molar-refractivity contribution in [3.8, 4) is 0 Å². The minimum absolute atomic E-state index is 0.0732. The lowest BCUT2D eigenvalue weighted by Crippen LogP contribution is -2.35. The fourth-order valence-electron chi connectivity index (χ4n) is 2.37. The van der Waals surface area contributed by atoms with Gasteiger partial charge in [0.1, 0.15) is 0 Å². The van der Waals surface area contributed by atoms with Crippen LogP contribution in [-0.4, -0.2) is 17.3 Å². The van der Waals surface area contributed by atoms with Crippen LogP contribution < -0.4 is 5.73 Å². The van der Waals surface area contributed by atoms with Crippen LogP contribution in [0.1, 0.15) is 51.9 Å². The maximum atomic E-state index is 9.77. The van der Waals surface area contributed by atoms with Crippen LogP contribution in [0.25, 0.3) is 0 Å². The van der Waals surface area contributed by atoms with E-state index >= 15 is 0 Å². The molecule has 15 heavy (non-hydrogen) atoms. The van der Waals surface area contributed by atoms with Crippen LogP contribution in [0.15, 0.2) is 12.2 Å². The second-order valence-corrected chi connectivity index (χ2v) is 4.73. The number of rotatable bonds is 5. The van der Waals surface area contributed by atoms with Crippen LogP contribution in [0.3, 0.4) is 0 Å². The summed E-state index contributed by atoms with van der Waals surface area (Å²) in [5.41, 5.74) is 5.99. The van der Waals surface area contributed by atoms with Crippen LogP contribution in [0.2, 0.25) is 0 Å². The van der Waals surface area contributed by atoms with Crippen molar-refractivity contribution in [2.24, 2.45) is 11.7 Å². The van der Waals surface area contributed by atoms with Gasteiger partial charge in [-0.2, -0.15) is 0 Å². The van der Waals surface area contributed by atoms with Crippen LogP contribution in [0.4, 0.5) is 0 Å². The first-order valence-corrected chi connectivity index (χ1v) is 6.34. The fourth-order valence-corrected chi connectivity index (χ4v) is 2.37. The van der Waals surface area contributed by atoms with E-state index in [2.05, 4.69) is 6.92 Å². The Morgan fingerprint density at radius 2 is 2.00 bits per heavy atom. The normalized spacial score (nSPS) is 23.1. The Morgan fingerprint density at radius 1 is 1.33 bits per heavy atom. The first-order chi connectivity index (χ1) is 7.24. The monoisotopic (exact) mass is 211 g/mol. The van der Waals surface area contributed by atoms with E-state index in [1.165, 1.54) is 32.1 Å². The summed E-state index contributed by atoms with van der Waals surface area (Å²) in [4.78, 5) is 0. The second-order valence-electron chi connectivity index (χ2n) is 4.73. The topological polar surface area (TPSA) is 46.2 Å². The third-order valence-electron chi connectivity index (χ3n) is 3.34. The largest absolute Gasteiger partial charge is 0.387 e. The van der Waals surface area contributed by atoms with Gasteiger partial charge in [0.15, 0.2) is 0 Å². The second kappa shape index (κ2) is 7.02. The van der Waals surface area contributed by atoms with Gasteiger partial charge in [-0.15, -0.1) is 0 Å². The highest BCUT2D eigenvalue weighted by Crippen LogP contribution is 2.27. The van der Waals surface area contributed by atoms with Crippen LogP contribution in [-0.2, 0) is 0 Å². The van der Waals surface area contributed by atoms with E-state index in [1.807, 2.05) is 12.2 Å². The van der Waals surface area contributed by atoms with Crippen molar-refractivity contribution < 1.29 is 5.11 Å². The van der Waals surface area contributed by atoms with Crippen molar-refractivity contribution >= 4 is 0 Å². The zero-order valence-corrected chi connectivity index (χ0v) is 9.86. The summed E-state index contributed by atoms with van der Waals surface area (Å²) in [6.45, 7) is 2.07. The Labute approximate surface area is 93.6 Å². The van der Waals surface area contributed by atoms with Crippen molar-refractivity contribution in [1.29, 1.82) is 0 Å². The van der Waals surface area contributed by atoms with Crippen molar-refractivity contribution in [3.63, 3.8) is 0 Å². The molecule has 0 bridgehead atoms. The van der Waals surface area contributed by atoms with Crippen molar-refractivity contribution in [3.05, 3.63) is 12.2 Å². The molecule has 0 amide bonds. The molecule has 2 heteroatoms. The molecule has 0 radical (unpaired) electrons. The molecular formula is C13H25NO. The SMILES string of the molecule is CC/C=C\[C@H](O)[C@@H](N)CC1CCCCC1. The molecule has 0 unspecified atom stereocenters. The van der Waals surface area contributed by atoms with Crippen LogP contribution in [0, 0.1) is 5.92 Å². The molecule has 1 rings (SSSR count). The number of allylic oxidation sites excluding steroid dienone is 1. The van der Waals surface area contributed by atoms with E-state index in [9.17, 15) is 5.11 Å². The summed E-state index contributed by atoms with van der Waals surface area (Å²) >= 11 is 0. The van der Waals surface area contributed by atoms with E-state index in [1.54, 1.807) is 0 Å². The molecule has 2 nitrogen and oxygen atoms in total. The van der Waals surface area contributed by atoms with Gasteiger partial charge >= 0.3 is 0 Å². The zero-order chi connectivity index (χ0) is 11.1. The highest BCUT2D eigenvalue weighted by Gasteiger charge is 2.19. The van der Waals surface area contributed by atoms with Gasteiger partial charge < -0.3 is 10.8 Å². The standard InChI is InChI=1S/C13H25NO/c1-2-3-9-13(15)12(14)10-11-7-5-4-6-8-11/h3,9,11-13,15H,2,4-8,10,14H2,1H3/b9-3-/t12-,13-/m0/s1. The molecule has 1 aliphatic carbocycles. The highest BCUT2D eigenvalue weighted by molar-refractivity contribution is 4.94. The molecule has 1 aliphatic rings. The Hall–Kier alpha value is -0.340. The Kier molecular flexibility index (Phi) is 5.96. The molecule has 0 aliphatic heterocycles. The lowest BCUT2D eigenvalue weighted by Gasteiger charge is -2.26. The molecule has 1 saturated carbocycles. The molecule has 0 spiro atoms. The van der Waals surface area contributed by atoms with Crippen LogP contribution >= 0.6 is 0 Å². The Balaban J connectivity index is 2.26. The molecule has 1 fully saturated rings. The summed E-state index contributed by atoms with van der Waals surface area (Å²) in [5.74, 6) is 0.749. The number of aliphatic hydroxyl groups excluding tert-OH is 1. The molecule has 2 atom stereocenters. The lowest BCUT2D eigenvalue weighted by molar-refractivity contribution is 0.167. The van der Waals surface area contributed by atoms with Gasteiger partial charge in [-0.1, -0.05) is 51.2 Å². The Bertz CT molecular complexity index is 185. The molecular weight excluding hydrogens is 186 g/mol. The summed E-state index contributed by atoms with van der Waals surface area (Å²) in [5, 5.41) is 9.77. The summed E-state index contributed by atoms with van der Waals surface area (Å²) in [6.07, 6.45) is 12.0. The predicted molar refractivity (Wildman–Crippen MR) is 64.6 cm³/mol. The maximum Gasteiger partial charge on any atom is 0.0871 e. The quantitative estimate of drug-likeness (QED) is 0.687. The van der Waals surface area contributed by atoms with Crippen molar-refractivity contribution in [1.82, 2.24) is 0 Å². The van der Waals surface area contributed by atoms with E-state index < -0.39 is 6.10 Å². The minimum atomic E-state index is -0.452. The lowest BCUT2D eigenvalue weighted by atomic mass is 9.84. The van der Waals surface area contributed by atoms with E-state index in [0.29, 0.717) is 0 Å². The molecule has 0 aromatic rings. The summed E-state index contributed by atoms with van der Waals surface area (Å²) in [6, 6.07) is -0.0732. The maximum absolute atomic E-state index is 9.77. The summed E-state index contributed by atoms with van der Waals surface area (Å²) in [7, 11) is 0. The van der Waals surface area contributed by atoms with Gasteiger partial charge in [-0.25, -0.2) is 0 Å². The van der Waals surface area contributed by atoms with Crippen LogP contribution in [0.5, 0.6) is 0 Å². The van der Waals surface area contributed by atoms with Gasteiger partial charge in [0, 0.05) is 6.04 Å². The van der Waals surface area contributed by atoms with Gasteiger partial charge in [0.25, 0.3) is 0 Å². The van der Waals surface area contributed by atoms with E-state index in [-0.39, 0.29) is 6.04 Å². The average molecular weight is 211 g/mol. The third kappa shape index (κ3) is 4.80. The number of hydrogen-bond donors (Lipinski definition) is 2. The van der Waals surface area contributed by atoms with Gasteiger partial charge in [0.2, 0.25) is 0 Å². The zero-order valence-electron chi connectivity index (χ0n) is 9.86. The Morgan fingerprint density at radius 3 is 2.60 bits per heavy atom. The number of nitrogens with two attached hydrogens (primary N) is 1.